The topological polar surface area (TPSA) is 388 Å². The average molecular weight is 975 g/mol. The third kappa shape index (κ3) is 18.4. The summed E-state index contributed by atoms with van der Waals surface area (Å²) in [7, 11) is 0. The molecule has 1 saturated heterocycles. The molecule has 0 radical (unpaired) electrons. The van der Waals surface area contributed by atoms with Gasteiger partial charge in [-0.1, -0.05) is 78.3 Å². The SMILES string of the molecule is CCC(C)C(NC(=O)C(C)N)C(=O)NC(CC(=O)O)C(=O)NC(CCC(N)=O)C(=O)NC(C(=O)N1CCCC1C(=O)NC(Cc1ccccc1)C(=O)NC(CO)C(=O)NC(C(=O)O)C(C)C)C(C)C. The Balaban J connectivity index is 2.38. The Hall–Kier alpha value is -6.69. The van der Waals surface area contributed by atoms with E-state index < -0.39 is 163 Å². The normalized spacial score (nSPS) is 17.3. The van der Waals surface area contributed by atoms with E-state index in [4.69, 9.17) is 11.5 Å². The van der Waals surface area contributed by atoms with E-state index in [1.54, 1.807) is 71.9 Å². The lowest BCUT2D eigenvalue weighted by Crippen LogP contribution is -2.61. The second-order valence-corrected chi connectivity index (χ2v) is 17.9. The average Bonchev–Trinajstić information content (AvgIpc) is 3.78. The van der Waals surface area contributed by atoms with E-state index in [1.165, 1.54) is 11.8 Å². The lowest BCUT2D eigenvalue weighted by Gasteiger charge is -2.32. The number of carboxylic acid groups (broad SMARTS) is 2. The minimum Gasteiger partial charge on any atom is -0.481 e. The molecule has 384 valence electrons. The van der Waals surface area contributed by atoms with Gasteiger partial charge in [0.05, 0.1) is 19.1 Å². The summed E-state index contributed by atoms with van der Waals surface area (Å²) in [6, 6.07) is -4.00. The highest BCUT2D eigenvalue weighted by Crippen LogP contribution is 2.22. The summed E-state index contributed by atoms with van der Waals surface area (Å²) in [4.78, 5) is 145. The van der Waals surface area contributed by atoms with Gasteiger partial charge < -0.3 is 68.9 Å². The number of primary amides is 1. The number of carbonyl (C=O) groups is 11. The van der Waals surface area contributed by atoms with Gasteiger partial charge in [0, 0.05) is 19.4 Å². The van der Waals surface area contributed by atoms with Crippen molar-refractivity contribution in [1.29, 1.82) is 0 Å². The number of hydrogen-bond donors (Lipinski definition) is 12. The van der Waals surface area contributed by atoms with Gasteiger partial charge in [0.2, 0.25) is 53.2 Å². The Morgan fingerprint density at radius 2 is 1.19 bits per heavy atom. The molecule has 9 amide bonds. The molecule has 0 aliphatic carbocycles. The van der Waals surface area contributed by atoms with Crippen molar-refractivity contribution < 1.29 is 68.1 Å². The van der Waals surface area contributed by atoms with Gasteiger partial charge in [0.15, 0.2) is 0 Å². The van der Waals surface area contributed by atoms with Gasteiger partial charge in [-0.25, -0.2) is 4.79 Å². The fourth-order valence-corrected chi connectivity index (χ4v) is 7.27. The number of likely N-dealkylation sites (tertiary alicyclic amines) is 1. The summed E-state index contributed by atoms with van der Waals surface area (Å²) < 4.78 is 0. The number of nitrogens with two attached hydrogens (primary N) is 2. The van der Waals surface area contributed by atoms with E-state index in [0.29, 0.717) is 18.4 Å². The van der Waals surface area contributed by atoms with Crippen molar-refractivity contribution in [2.75, 3.05) is 13.2 Å². The molecular weight excluding hydrogens is 905 g/mol. The van der Waals surface area contributed by atoms with Crippen LogP contribution in [-0.2, 0) is 59.2 Å². The zero-order valence-corrected chi connectivity index (χ0v) is 40.1. The first-order valence-corrected chi connectivity index (χ1v) is 22.9. The lowest BCUT2D eigenvalue weighted by molar-refractivity contribution is -0.144. The monoisotopic (exact) mass is 975 g/mol. The van der Waals surface area contributed by atoms with Crippen molar-refractivity contribution in [3.63, 3.8) is 0 Å². The first-order chi connectivity index (χ1) is 32.3. The Kier molecular flexibility index (Phi) is 23.7. The Morgan fingerprint density at radius 1 is 0.667 bits per heavy atom. The number of carbonyl (C=O) groups excluding carboxylic acids is 9. The molecule has 0 saturated carbocycles. The van der Waals surface area contributed by atoms with Crippen LogP contribution in [0.15, 0.2) is 30.3 Å². The number of hydrogen-bond acceptors (Lipinski definition) is 13. The maximum atomic E-state index is 14.3. The number of aliphatic hydroxyl groups excluding tert-OH is 1. The summed E-state index contributed by atoms with van der Waals surface area (Å²) >= 11 is 0. The molecule has 1 aromatic rings. The van der Waals surface area contributed by atoms with Crippen LogP contribution in [0.5, 0.6) is 0 Å². The summed E-state index contributed by atoms with van der Waals surface area (Å²) in [6.07, 6.45) is -1.10. The quantitative estimate of drug-likeness (QED) is 0.0402. The van der Waals surface area contributed by atoms with Crippen LogP contribution in [0, 0.1) is 17.8 Å². The Bertz CT molecular complexity index is 2000. The second-order valence-electron chi connectivity index (χ2n) is 17.9. The van der Waals surface area contributed by atoms with Crippen LogP contribution < -0.4 is 48.7 Å². The van der Waals surface area contributed by atoms with E-state index in [1.807, 2.05) is 0 Å². The molecule has 1 aromatic carbocycles. The first-order valence-electron chi connectivity index (χ1n) is 22.9. The van der Waals surface area contributed by atoms with Gasteiger partial charge in [0.25, 0.3) is 0 Å². The third-order valence-electron chi connectivity index (χ3n) is 11.6. The first kappa shape index (κ1) is 58.4. The standard InChI is InChI=1S/C45H70N10O14/c1-8-24(6)36(54-37(60)25(7)46)43(66)50-29(20-33(58)59)40(63)48-27(16-17-32(47)57)38(61)52-34(22(2)3)44(67)55-18-12-15-31(55)42(65)49-28(19-26-13-10-9-11-14-26)39(62)51-30(21-56)41(64)53-35(23(4)5)45(68)69/h9-11,13-14,22-25,27-31,34-36,56H,8,12,15-21,46H2,1-7H3,(H2,47,57)(H,48,63)(H,49,65)(H,50,66)(H,51,62)(H,52,61)(H,53,64)(H,54,60)(H,58,59)(H,68,69). The van der Waals surface area contributed by atoms with Crippen molar-refractivity contribution in [2.24, 2.45) is 29.2 Å². The van der Waals surface area contributed by atoms with E-state index >= 15 is 0 Å². The molecule has 24 nitrogen and oxygen atoms in total. The van der Waals surface area contributed by atoms with Gasteiger partial charge >= 0.3 is 11.9 Å². The number of nitrogens with one attached hydrogen (secondary N) is 7. The fourth-order valence-electron chi connectivity index (χ4n) is 7.27. The highest BCUT2D eigenvalue weighted by Gasteiger charge is 2.41. The van der Waals surface area contributed by atoms with Crippen LogP contribution in [0.4, 0.5) is 0 Å². The van der Waals surface area contributed by atoms with Crippen LogP contribution in [0.25, 0.3) is 0 Å². The molecule has 1 aliphatic rings. The molecule has 2 rings (SSSR count). The molecule has 1 heterocycles. The van der Waals surface area contributed by atoms with Crippen LogP contribution in [0.1, 0.15) is 92.6 Å². The van der Waals surface area contributed by atoms with Crippen molar-refractivity contribution in [1.82, 2.24) is 42.1 Å². The van der Waals surface area contributed by atoms with E-state index in [0.717, 1.165) is 0 Å². The number of aliphatic hydroxyl groups is 1. The molecule has 1 aliphatic heterocycles. The Labute approximate surface area is 400 Å². The van der Waals surface area contributed by atoms with Crippen LogP contribution >= 0.6 is 0 Å². The molecule has 0 spiro atoms. The van der Waals surface area contributed by atoms with Gasteiger partial charge in [-0.2, -0.15) is 0 Å². The summed E-state index contributed by atoms with van der Waals surface area (Å²) in [5.74, 6) is -12.5. The van der Waals surface area contributed by atoms with Gasteiger partial charge in [-0.05, 0) is 49.5 Å². The Morgan fingerprint density at radius 3 is 1.71 bits per heavy atom. The van der Waals surface area contributed by atoms with Crippen LogP contribution in [-0.4, -0.2) is 153 Å². The minimum absolute atomic E-state index is 0.0413. The van der Waals surface area contributed by atoms with Gasteiger partial charge in [-0.15, -0.1) is 0 Å². The molecular formula is C45H70N10O14. The maximum absolute atomic E-state index is 14.3. The highest BCUT2D eigenvalue weighted by atomic mass is 16.4. The van der Waals surface area contributed by atoms with Crippen molar-refractivity contribution in [3.8, 4) is 0 Å². The summed E-state index contributed by atoms with van der Waals surface area (Å²) in [6.45, 7) is 10.2. The third-order valence-corrected chi connectivity index (χ3v) is 11.6. The second kappa shape index (κ2) is 28.0. The van der Waals surface area contributed by atoms with Crippen LogP contribution in [0.2, 0.25) is 0 Å². The van der Waals surface area contributed by atoms with Gasteiger partial charge in [-0.3, -0.25) is 47.9 Å². The molecule has 10 atom stereocenters. The largest absolute Gasteiger partial charge is 0.481 e. The van der Waals surface area contributed by atoms with Crippen molar-refractivity contribution in [2.45, 2.75) is 148 Å². The number of nitrogens with zero attached hydrogens (tertiary/aromatic N) is 1. The molecule has 10 unspecified atom stereocenters. The number of carboxylic acids is 2. The summed E-state index contributed by atoms with van der Waals surface area (Å²) in [5, 5.41) is 46.3. The lowest BCUT2D eigenvalue weighted by atomic mass is 9.97. The predicted octanol–water partition coefficient (Wildman–Crippen LogP) is -2.86. The molecule has 69 heavy (non-hydrogen) atoms. The zero-order valence-electron chi connectivity index (χ0n) is 40.1. The zero-order chi connectivity index (χ0) is 52.3. The highest BCUT2D eigenvalue weighted by molar-refractivity contribution is 5.99. The minimum atomic E-state index is -1.79. The summed E-state index contributed by atoms with van der Waals surface area (Å²) in [5.41, 5.74) is 11.6. The van der Waals surface area contributed by atoms with E-state index in [9.17, 15) is 68.1 Å². The smallest absolute Gasteiger partial charge is 0.326 e. The number of amides is 9. The number of rotatable bonds is 28. The molecule has 0 bridgehead atoms. The molecule has 1 fully saturated rings. The molecule has 0 aromatic heterocycles. The fraction of sp³-hybridized carbons (Fsp3) is 0.622. The van der Waals surface area contributed by atoms with Gasteiger partial charge in [0.1, 0.15) is 48.3 Å². The number of aliphatic carboxylic acids is 2. The van der Waals surface area contributed by atoms with Crippen LogP contribution in [0.3, 0.4) is 0 Å². The molecule has 24 heteroatoms. The van der Waals surface area contributed by atoms with E-state index in [-0.39, 0.29) is 19.4 Å². The van der Waals surface area contributed by atoms with E-state index in [2.05, 4.69) is 37.2 Å². The maximum Gasteiger partial charge on any atom is 0.326 e. The molecule has 14 N–H and O–H groups in total. The van der Waals surface area contributed by atoms with Crippen molar-refractivity contribution in [3.05, 3.63) is 35.9 Å². The van der Waals surface area contributed by atoms with Crippen molar-refractivity contribution >= 4 is 65.1 Å². The predicted molar refractivity (Wildman–Crippen MR) is 247 cm³/mol. The number of benzene rings is 1.